The van der Waals surface area contributed by atoms with Crippen LogP contribution in [0.4, 0.5) is 5.69 Å². The number of likely N-dealkylation sites (tertiary alicyclic amines) is 1. The molecule has 1 aromatic heterocycles. The van der Waals surface area contributed by atoms with Crippen molar-refractivity contribution in [3.8, 4) is 17.1 Å². The van der Waals surface area contributed by atoms with Gasteiger partial charge >= 0.3 is 0 Å². The van der Waals surface area contributed by atoms with Gasteiger partial charge in [0.2, 0.25) is 17.6 Å². The van der Waals surface area contributed by atoms with Crippen LogP contribution in [0.15, 0.2) is 57.5 Å². The third-order valence-corrected chi connectivity index (χ3v) is 7.14. The van der Waals surface area contributed by atoms with Gasteiger partial charge in [-0.2, -0.15) is 4.98 Å². The molecule has 2 aliphatic rings. The Bertz CT molecular complexity index is 1090. The van der Waals surface area contributed by atoms with Crippen molar-refractivity contribution < 1.29 is 14.1 Å². The van der Waals surface area contributed by atoms with Gasteiger partial charge in [-0.05, 0) is 100 Å². The summed E-state index contributed by atoms with van der Waals surface area (Å²) in [6, 6.07) is 15.6. The van der Waals surface area contributed by atoms with Crippen LogP contribution in [-0.4, -0.2) is 40.1 Å². The zero-order valence-electron chi connectivity index (χ0n) is 19.1. The molecule has 1 aliphatic carbocycles. The van der Waals surface area contributed by atoms with Crippen molar-refractivity contribution in [2.75, 3.05) is 18.4 Å². The quantitative estimate of drug-likeness (QED) is 0.428. The smallest absolute Gasteiger partial charge is 0.241 e. The van der Waals surface area contributed by atoms with Crippen LogP contribution in [0.3, 0.4) is 0 Å². The molecule has 2 aromatic carbocycles. The minimum Gasteiger partial charge on any atom is -0.490 e. The third kappa shape index (κ3) is 5.85. The molecule has 1 saturated heterocycles. The van der Waals surface area contributed by atoms with Crippen LogP contribution >= 0.6 is 15.9 Å². The number of nitrogens with zero attached hydrogens (tertiary/aromatic N) is 3. The van der Waals surface area contributed by atoms with Crippen molar-refractivity contribution in [3.05, 3.63) is 58.9 Å². The van der Waals surface area contributed by atoms with Crippen LogP contribution in [-0.2, 0) is 11.3 Å². The third-order valence-electron chi connectivity index (χ3n) is 6.61. The van der Waals surface area contributed by atoms with Crippen LogP contribution < -0.4 is 10.1 Å². The van der Waals surface area contributed by atoms with Crippen LogP contribution in [0.25, 0.3) is 11.4 Å². The molecule has 7 nitrogen and oxygen atoms in total. The number of nitrogens with one attached hydrogen (secondary N) is 1. The maximum atomic E-state index is 12.8. The Morgan fingerprint density at radius 2 is 1.74 bits per heavy atom. The molecule has 1 aliphatic heterocycles. The zero-order valence-corrected chi connectivity index (χ0v) is 20.7. The van der Waals surface area contributed by atoms with E-state index >= 15 is 0 Å². The highest BCUT2D eigenvalue weighted by Gasteiger charge is 2.26. The van der Waals surface area contributed by atoms with Gasteiger partial charge in [0.05, 0.1) is 12.6 Å². The van der Waals surface area contributed by atoms with Gasteiger partial charge in [0.1, 0.15) is 5.75 Å². The largest absolute Gasteiger partial charge is 0.490 e. The Morgan fingerprint density at radius 3 is 2.44 bits per heavy atom. The van der Waals surface area contributed by atoms with Gasteiger partial charge in [-0.1, -0.05) is 21.1 Å². The molecule has 1 N–H and O–H groups in total. The fraction of sp³-hybridized carbons (Fsp3) is 0.423. The number of piperidine rings is 1. The van der Waals surface area contributed by atoms with Crippen LogP contribution in [0, 0.1) is 5.92 Å². The molecule has 178 valence electrons. The average Bonchev–Trinajstić information content (AvgIpc) is 3.54. The molecule has 2 heterocycles. The number of benzene rings is 2. The van der Waals surface area contributed by atoms with Crippen LogP contribution in [0.5, 0.6) is 5.75 Å². The Kier molecular flexibility index (Phi) is 7.25. The minimum atomic E-state index is 0.00618. The van der Waals surface area contributed by atoms with Gasteiger partial charge in [-0.3, -0.25) is 9.69 Å². The molecule has 34 heavy (non-hydrogen) atoms. The molecule has 3 aromatic rings. The minimum absolute atomic E-state index is 0.00618. The fourth-order valence-corrected chi connectivity index (χ4v) is 4.90. The van der Waals surface area contributed by atoms with Crippen LogP contribution in [0.2, 0.25) is 0 Å². The van der Waals surface area contributed by atoms with Crippen molar-refractivity contribution in [3.63, 3.8) is 0 Å². The Hall–Kier alpha value is -2.71. The van der Waals surface area contributed by atoms with Crippen LogP contribution in [0.1, 0.15) is 44.4 Å². The second kappa shape index (κ2) is 10.7. The summed E-state index contributed by atoms with van der Waals surface area (Å²) >= 11 is 3.44. The van der Waals surface area contributed by atoms with E-state index in [9.17, 15) is 4.79 Å². The highest BCUT2D eigenvalue weighted by molar-refractivity contribution is 9.10. The maximum absolute atomic E-state index is 12.8. The molecular formula is C26H29BrN4O3. The van der Waals surface area contributed by atoms with Crippen molar-refractivity contribution in [2.45, 2.75) is 51.2 Å². The number of halogens is 1. The van der Waals surface area contributed by atoms with E-state index in [4.69, 9.17) is 9.26 Å². The first-order valence-electron chi connectivity index (χ1n) is 12.0. The van der Waals surface area contributed by atoms with E-state index in [1.54, 1.807) is 0 Å². The van der Waals surface area contributed by atoms with E-state index in [0.29, 0.717) is 24.4 Å². The Labute approximate surface area is 208 Å². The normalized spacial score (nSPS) is 17.7. The van der Waals surface area contributed by atoms with Crippen molar-refractivity contribution >= 4 is 27.5 Å². The monoisotopic (exact) mass is 524 g/mol. The fourth-order valence-electron chi connectivity index (χ4n) is 4.64. The lowest BCUT2D eigenvalue weighted by molar-refractivity contribution is -0.121. The van der Waals surface area contributed by atoms with E-state index in [2.05, 4.69) is 36.3 Å². The SMILES string of the molecule is O=C(Nc1ccc(OC2CCCC2)cc1)C1CCN(Cc2nc(-c3ccc(Br)cc3)no2)CC1. The summed E-state index contributed by atoms with van der Waals surface area (Å²) in [4.78, 5) is 19.6. The summed E-state index contributed by atoms with van der Waals surface area (Å²) in [5.41, 5.74) is 1.74. The lowest BCUT2D eigenvalue weighted by Gasteiger charge is -2.30. The number of rotatable bonds is 7. The van der Waals surface area contributed by atoms with Gasteiger partial charge in [0, 0.05) is 21.6 Å². The van der Waals surface area contributed by atoms with Gasteiger partial charge in [0.15, 0.2) is 0 Å². The number of carbonyl (C=O) groups excluding carboxylic acids is 1. The summed E-state index contributed by atoms with van der Waals surface area (Å²) in [6.45, 7) is 2.24. The number of hydrogen-bond donors (Lipinski definition) is 1. The molecule has 0 radical (unpaired) electrons. The summed E-state index contributed by atoms with van der Waals surface area (Å²) in [6.07, 6.45) is 6.72. The lowest BCUT2D eigenvalue weighted by atomic mass is 9.96. The highest BCUT2D eigenvalue weighted by Crippen LogP contribution is 2.26. The predicted octanol–water partition coefficient (Wildman–Crippen LogP) is 5.67. The molecule has 2 fully saturated rings. The van der Waals surface area contributed by atoms with Gasteiger partial charge in [0.25, 0.3) is 0 Å². The number of amides is 1. The van der Waals surface area contributed by atoms with E-state index in [-0.39, 0.29) is 11.8 Å². The molecule has 1 amide bonds. The van der Waals surface area contributed by atoms with Gasteiger partial charge in [-0.15, -0.1) is 0 Å². The van der Waals surface area contributed by atoms with Gasteiger partial charge in [-0.25, -0.2) is 0 Å². The molecule has 0 spiro atoms. The zero-order chi connectivity index (χ0) is 23.3. The van der Waals surface area contributed by atoms with E-state index < -0.39 is 0 Å². The molecule has 5 rings (SSSR count). The van der Waals surface area contributed by atoms with Crippen molar-refractivity contribution in [2.24, 2.45) is 5.92 Å². The molecule has 1 saturated carbocycles. The standard InChI is InChI=1S/C26H29BrN4O3/c27-20-7-5-18(6-8-20)25-29-24(34-30-25)17-31-15-13-19(14-16-31)26(32)28-21-9-11-23(12-10-21)33-22-3-1-2-4-22/h5-12,19,22H,1-4,13-17H2,(H,28,32). The predicted molar refractivity (Wildman–Crippen MR) is 133 cm³/mol. The number of hydrogen-bond acceptors (Lipinski definition) is 6. The average molecular weight is 525 g/mol. The molecule has 0 bridgehead atoms. The second-order valence-corrected chi connectivity index (χ2v) is 10.0. The Balaban J connectivity index is 1.08. The van der Waals surface area contributed by atoms with Crippen molar-refractivity contribution in [1.29, 1.82) is 0 Å². The number of ether oxygens (including phenoxy) is 1. The van der Waals surface area contributed by atoms with Gasteiger partial charge < -0.3 is 14.6 Å². The molecule has 0 atom stereocenters. The summed E-state index contributed by atoms with van der Waals surface area (Å²) < 4.78 is 12.5. The number of anilines is 1. The van der Waals surface area contributed by atoms with E-state index in [0.717, 1.165) is 60.2 Å². The topological polar surface area (TPSA) is 80.5 Å². The molecular weight excluding hydrogens is 496 g/mol. The molecule has 8 heteroatoms. The number of aromatic nitrogens is 2. The first kappa shape index (κ1) is 23.1. The molecule has 0 unspecified atom stereocenters. The van der Waals surface area contributed by atoms with E-state index in [1.807, 2.05) is 48.5 Å². The summed E-state index contributed by atoms with van der Waals surface area (Å²) in [5, 5.41) is 7.17. The highest BCUT2D eigenvalue weighted by atomic mass is 79.9. The van der Waals surface area contributed by atoms with E-state index in [1.165, 1.54) is 12.8 Å². The summed E-state index contributed by atoms with van der Waals surface area (Å²) in [5.74, 6) is 2.16. The lowest BCUT2D eigenvalue weighted by Crippen LogP contribution is -2.37. The summed E-state index contributed by atoms with van der Waals surface area (Å²) in [7, 11) is 0. The first-order valence-corrected chi connectivity index (χ1v) is 12.8. The first-order chi connectivity index (χ1) is 16.6. The van der Waals surface area contributed by atoms with Crippen molar-refractivity contribution in [1.82, 2.24) is 15.0 Å². The number of carbonyl (C=O) groups is 1. The Morgan fingerprint density at radius 1 is 1.03 bits per heavy atom. The second-order valence-electron chi connectivity index (χ2n) is 9.11. The maximum Gasteiger partial charge on any atom is 0.241 e.